The van der Waals surface area contributed by atoms with Crippen molar-refractivity contribution in [1.82, 2.24) is 9.62 Å². The maximum atomic E-state index is 12.9. The molecule has 1 aliphatic heterocycles. The van der Waals surface area contributed by atoms with E-state index in [2.05, 4.69) is 14.9 Å². The monoisotopic (exact) mass is 452 g/mol. The van der Waals surface area contributed by atoms with Gasteiger partial charge in [-0.3, -0.25) is 4.72 Å². The second kappa shape index (κ2) is 8.93. The normalized spacial score (nSPS) is 15.9. The molecule has 1 saturated heterocycles. The van der Waals surface area contributed by atoms with Gasteiger partial charge in [0.15, 0.2) is 0 Å². The average Bonchev–Trinajstić information content (AvgIpc) is 2.74. The average molecular weight is 453 g/mol. The summed E-state index contributed by atoms with van der Waals surface area (Å²) in [6, 6.07) is 12.8. The largest absolute Gasteiger partial charge is 0.370 e. The zero-order valence-electron chi connectivity index (χ0n) is 17.4. The number of piperidine rings is 1. The Bertz CT molecular complexity index is 1080. The van der Waals surface area contributed by atoms with Crippen LogP contribution in [0.15, 0.2) is 58.3 Å². The van der Waals surface area contributed by atoms with Crippen LogP contribution in [0.3, 0.4) is 0 Å². The van der Waals surface area contributed by atoms with Gasteiger partial charge >= 0.3 is 0 Å². The molecule has 2 aromatic rings. The Balaban J connectivity index is 1.86. The number of rotatable bonds is 7. The van der Waals surface area contributed by atoms with Crippen LogP contribution in [0.1, 0.15) is 12.8 Å². The molecule has 0 amide bonds. The van der Waals surface area contributed by atoms with E-state index in [9.17, 15) is 16.8 Å². The van der Waals surface area contributed by atoms with Crippen molar-refractivity contribution in [2.24, 2.45) is 0 Å². The van der Waals surface area contributed by atoms with Crippen LogP contribution in [0.5, 0.6) is 0 Å². The number of nitrogens with zero attached hydrogens (tertiary/aromatic N) is 2. The van der Waals surface area contributed by atoms with Gasteiger partial charge in [-0.25, -0.2) is 21.1 Å². The summed E-state index contributed by atoms with van der Waals surface area (Å²) < 4.78 is 54.0. The first-order valence-electron chi connectivity index (χ1n) is 9.71. The van der Waals surface area contributed by atoms with Crippen LogP contribution in [0.4, 0.5) is 11.4 Å². The summed E-state index contributed by atoms with van der Waals surface area (Å²) in [5, 5.41) is 3.33. The van der Waals surface area contributed by atoms with E-state index in [1.807, 2.05) is 19.2 Å². The molecule has 0 aliphatic carbocycles. The minimum Gasteiger partial charge on any atom is -0.370 e. The van der Waals surface area contributed by atoms with Crippen LogP contribution in [-0.4, -0.2) is 61.4 Å². The molecule has 8 nitrogen and oxygen atoms in total. The summed E-state index contributed by atoms with van der Waals surface area (Å²) >= 11 is 0. The lowest BCUT2D eigenvalue weighted by atomic mass is 10.0. The third kappa shape index (κ3) is 4.77. The topological polar surface area (TPSA) is 98.8 Å². The van der Waals surface area contributed by atoms with Crippen molar-refractivity contribution in [3.63, 3.8) is 0 Å². The zero-order chi connectivity index (χ0) is 21.9. The Morgan fingerprint density at radius 3 is 2.03 bits per heavy atom. The minimum absolute atomic E-state index is 0.000436. The third-order valence-electron chi connectivity index (χ3n) is 5.30. The Morgan fingerprint density at radius 2 is 1.43 bits per heavy atom. The van der Waals surface area contributed by atoms with Gasteiger partial charge in [0.05, 0.1) is 21.2 Å². The molecule has 10 heteroatoms. The molecule has 164 valence electrons. The quantitative estimate of drug-likeness (QED) is 0.666. The number of nitrogens with one attached hydrogen (secondary N) is 2. The smallest absolute Gasteiger partial charge is 0.261 e. The van der Waals surface area contributed by atoms with E-state index in [1.165, 1.54) is 38.4 Å². The van der Waals surface area contributed by atoms with Crippen molar-refractivity contribution in [1.29, 1.82) is 0 Å². The van der Waals surface area contributed by atoms with Crippen LogP contribution >= 0.6 is 0 Å². The van der Waals surface area contributed by atoms with Gasteiger partial charge in [-0.1, -0.05) is 12.1 Å². The van der Waals surface area contributed by atoms with E-state index < -0.39 is 20.0 Å². The third-order valence-corrected chi connectivity index (χ3v) is 8.51. The predicted octanol–water partition coefficient (Wildman–Crippen LogP) is 1.93. The number of hydrogen-bond acceptors (Lipinski definition) is 6. The Kier molecular flexibility index (Phi) is 6.71. The van der Waals surface area contributed by atoms with Crippen LogP contribution in [-0.2, 0) is 20.0 Å². The summed E-state index contributed by atoms with van der Waals surface area (Å²) in [5.41, 5.74) is 1.29. The van der Waals surface area contributed by atoms with Gasteiger partial charge in [0, 0.05) is 27.2 Å². The molecule has 0 unspecified atom stereocenters. The highest BCUT2D eigenvalue weighted by molar-refractivity contribution is 7.92. The van der Waals surface area contributed by atoms with E-state index >= 15 is 0 Å². The highest BCUT2D eigenvalue weighted by atomic mass is 32.2. The van der Waals surface area contributed by atoms with E-state index in [0.29, 0.717) is 11.7 Å². The van der Waals surface area contributed by atoms with Gasteiger partial charge in [0.25, 0.3) is 10.0 Å². The van der Waals surface area contributed by atoms with Crippen molar-refractivity contribution in [3.05, 3.63) is 48.5 Å². The number of benzene rings is 2. The molecule has 0 spiro atoms. The first-order chi connectivity index (χ1) is 14.1. The van der Waals surface area contributed by atoms with E-state index in [1.54, 1.807) is 12.1 Å². The molecular formula is C20H28N4O4S2. The maximum absolute atomic E-state index is 12.9. The molecule has 0 bridgehead atoms. The predicted molar refractivity (Wildman–Crippen MR) is 119 cm³/mol. The van der Waals surface area contributed by atoms with Crippen molar-refractivity contribution in [3.8, 4) is 0 Å². The molecule has 1 heterocycles. The van der Waals surface area contributed by atoms with Crippen molar-refractivity contribution >= 4 is 31.4 Å². The summed E-state index contributed by atoms with van der Waals surface area (Å²) in [4.78, 5) is 2.16. The standard InChI is InChI=1S/C20H28N4O4S2/c1-23(2)30(27,28)18-10-8-17(9-11-18)29(25,26)22-19-6-4-5-7-20(19)24(3)16-12-14-21-15-13-16/h4-11,16,21-22H,12-15H2,1-3H3. The van der Waals surface area contributed by atoms with Crippen LogP contribution < -0.4 is 14.9 Å². The highest BCUT2D eigenvalue weighted by Crippen LogP contribution is 2.30. The molecule has 0 saturated carbocycles. The lowest BCUT2D eigenvalue weighted by molar-refractivity contribution is 0.443. The van der Waals surface area contributed by atoms with Crippen LogP contribution in [0, 0.1) is 0 Å². The summed E-state index contributed by atoms with van der Waals surface area (Å²) in [5.74, 6) is 0. The number of hydrogen-bond donors (Lipinski definition) is 2. The lowest BCUT2D eigenvalue weighted by Crippen LogP contribution is -2.41. The fourth-order valence-electron chi connectivity index (χ4n) is 3.46. The van der Waals surface area contributed by atoms with Crippen molar-refractivity contribution in [2.45, 2.75) is 28.7 Å². The van der Waals surface area contributed by atoms with Gasteiger partial charge < -0.3 is 10.2 Å². The van der Waals surface area contributed by atoms with Gasteiger partial charge in [-0.05, 0) is 62.3 Å². The molecule has 0 aromatic heterocycles. The van der Waals surface area contributed by atoms with Gasteiger partial charge in [-0.2, -0.15) is 0 Å². The maximum Gasteiger partial charge on any atom is 0.261 e. The molecular weight excluding hydrogens is 424 g/mol. The second-order valence-electron chi connectivity index (χ2n) is 7.47. The summed E-state index contributed by atoms with van der Waals surface area (Å²) in [6.45, 7) is 1.87. The minimum atomic E-state index is -3.88. The second-order valence-corrected chi connectivity index (χ2v) is 11.3. The van der Waals surface area contributed by atoms with Crippen molar-refractivity contribution in [2.75, 3.05) is 43.9 Å². The molecule has 2 aromatic carbocycles. The van der Waals surface area contributed by atoms with E-state index in [4.69, 9.17) is 0 Å². The number of para-hydroxylation sites is 2. The van der Waals surface area contributed by atoms with Crippen LogP contribution in [0.25, 0.3) is 0 Å². The SMILES string of the molecule is CN(c1ccccc1NS(=O)(=O)c1ccc(S(=O)(=O)N(C)C)cc1)C1CCNCC1. The van der Waals surface area contributed by atoms with Gasteiger partial charge in [0.2, 0.25) is 10.0 Å². The molecule has 0 radical (unpaired) electrons. The Hall–Kier alpha value is -2.14. The molecule has 2 N–H and O–H groups in total. The fourth-order valence-corrected chi connectivity index (χ4v) is 5.44. The Labute approximate surface area is 179 Å². The van der Waals surface area contributed by atoms with Gasteiger partial charge in [-0.15, -0.1) is 0 Å². The van der Waals surface area contributed by atoms with Crippen molar-refractivity contribution < 1.29 is 16.8 Å². The molecule has 0 atom stereocenters. The van der Waals surface area contributed by atoms with E-state index in [0.717, 1.165) is 35.9 Å². The molecule has 1 fully saturated rings. The van der Waals surface area contributed by atoms with Gasteiger partial charge in [0.1, 0.15) is 0 Å². The molecule has 30 heavy (non-hydrogen) atoms. The Morgan fingerprint density at radius 1 is 0.867 bits per heavy atom. The van der Waals surface area contributed by atoms with Crippen LogP contribution in [0.2, 0.25) is 0 Å². The zero-order valence-corrected chi connectivity index (χ0v) is 19.0. The molecule has 1 aliphatic rings. The first kappa shape index (κ1) is 22.5. The number of sulfonamides is 2. The lowest BCUT2D eigenvalue weighted by Gasteiger charge is -2.34. The number of anilines is 2. The summed E-state index contributed by atoms with van der Waals surface area (Å²) in [6.07, 6.45) is 1.97. The fraction of sp³-hybridized carbons (Fsp3) is 0.400. The first-order valence-corrected chi connectivity index (χ1v) is 12.6. The molecule has 3 rings (SSSR count). The van der Waals surface area contributed by atoms with E-state index in [-0.39, 0.29) is 9.79 Å². The summed E-state index contributed by atoms with van der Waals surface area (Å²) in [7, 11) is -2.67. The highest BCUT2D eigenvalue weighted by Gasteiger charge is 2.23.